The van der Waals surface area contributed by atoms with Crippen LogP contribution in [0.1, 0.15) is 26.2 Å². The van der Waals surface area contributed by atoms with Gasteiger partial charge in [-0.2, -0.15) is 11.8 Å². The van der Waals surface area contributed by atoms with Crippen molar-refractivity contribution in [3.05, 3.63) is 0 Å². The first kappa shape index (κ1) is 13.3. The van der Waals surface area contributed by atoms with E-state index in [-0.39, 0.29) is 5.91 Å². The Morgan fingerprint density at radius 3 is 2.57 bits per heavy atom. The van der Waals surface area contributed by atoms with Crippen LogP contribution in [0.15, 0.2) is 0 Å². The molecule has 0 spiro atoms. The molecular formula is C9H17NO3S. The Balaban J connectivity index is 3.95. The molecule has 0 unspecified atom stereocenters. The summed E-state index contributed by atoms with van der Waals surface area (Å²) in [6, 6.07) is -0.735. The number of nitrogens with one attached hydrogen (secondary N) is 1. The van der Waals surface area contributed by atoms with Gasteiger partial charge in [0.25, 0.3) is 0 Å². The lowest BCUT2D eigenvalue weighted by Gasteiger charge is -2.13. The van der Waals surface area contributed by atoms with Gasteiger partial charge in [-0.05, 0) is 24.9 Å². The van der Waals surface area contributed by atoms with E-state index in [4.69, 9.17) is 5.11 Å². The highest BCUT2D eigenvalue weighted by molar-refractivity contribution is 7.98. The van der Waals surface area contributed by atoms with E-state index in [1.54, 1.807) is 11.8 Å². The first-order valence-corrected chi connectivity index (χ1v) is 6.02. The Bertz CT molecular complexity index is 196. The number of carboxylic acids is 1. The third-order valence-electron chi connectivity index (χ3n) is 1.72. The predicted molar refractivity (Wildman–Crippen MR) is 57.5 cm³/mol. The maximum Gasteiger partial charge on any atom is 0.326 e. The third kappa shape index (κ3) is 5.85. The molecule has 0 aromatic heterocycles. The standard InChI is InChI=1S/C9H17NO3S/c1-3-4-8(11)10-7(9(12)13)5-6-14-2/h7H,3-6H2,1-2H3,(H,10,11)(H,12,13)/t7-/m1/s1. The molecule has 0 heterocycles. The minimum Gasteiger partial charge on any atom is -0.480 e. The number of carbonyl (C=O) groups excluding carboxylic acids is 1. The molecule has 0 rings (SSSR count). The van der Waals surface area contributed by atoms with Crippen LogP contribution in [-0.4, -0.2) is 35.0 Å². The van der Waals surface area contributed by atoms with Gasteiger partial charge in [0.15, 0.2) is 0 Å². The molecule has 0 aromatic carbocycles. The van der Waals surface area contributed by atoms with Crippen molar-refractivity contribution in [1.82, 2.24) is 5.32 Å². The van der Waals surface area contributed by atoms with E-state index < -0.39 is 12.0 Å². The summed E-state index contributed by atoms with van der Waals surface area (Å²) in [5.74, 6) is -0.395. The maximum atomic E-state index is 11.1. The molecule has 1 atom stereocenters. The lowest BCUT2D eigenvalue weighted by atomic mass is 10.2. The summed E-state index contributed by atoms with van der Waals surface area (Å²) < 4.78 is 0. The van der Waals surface area contributed by atoms with Crippen LogP contribution in [0.25, 0.3) is 0 Å². The summed E-state index contributed by atoms with van der Waals surface area (Å²) in [5, 5.41) is 11.3. The summed E-state index contributed by atoms with van der Waals surface area (Å²) in [5.41, 5.74) is 0. The Labute approximate surface area is 88.4 Å². The minimum absolute atomic E-state index is 0.180. The molecule has 5 heteroatoms. The number of carboxylic acid groups (broad SMARTS) is 1. The van der Waals surface area contributed by atoms with E-state index in [1.807, 2.05) is 13.2 Å². The molecule has 0 aliphatic rings. The molecule has 0 aliphatic carbocycles. The number of rotatable bonds is 7. The molecule has 14 heavy (non-hydrogen) atoms. The van der Waals surface area contributed by atoms with Crippen LogP contribution in [0.3, 0.4) is 0 Å². The van der Waals surface area contributed by atoms with Gasteiger partial charge in [0.1, 0.15) is 6.04 Å². The van der Waals surface area contributed by atoms with E-state index >= 15 is 0 Å². The van der Waals surface area contributed by atoms with E-state index in [0.717, 1.165) is 12.2 Å². The van der Waals surface area contributed by atoms with E-state index in [9.17, 15) is 9.59 Å². The smallest absolute Gasteiger partial charge is 0.326 e. The van der Waals surface area contributed by atoms with Crippen molar-refractivity contribution in [2.24, 2.45) is 0 Å². The summed E-state index contributed by atoms with van der Waals surface area (Å²) in [7, 11) is 0. The van der Waals surface area contributed by atoms with Crippen LogP contribution in [-0.2, 0) is 9.59 Å². The zero-order valence-electron chi connectivity index (χ0n) is 8.58. The number of carbonyl (C=O) groups is 2. The van der Waals surface area contributed by atoms with Crippen molar-refractivity contribution >= 4 is 23.6 Å². The summed E-state index contributed by atoms with van der Waals surface area (Å²) in [4.78, 5) is 21.9. The SMILES string of the molecule is CCCC(=O)N[C@H](CCSC)C(=O)O. The first-order chi connectivity index (χ1) is 6.61. The zero-order chi connectivity index (χ0) is 11.0. The highest BCUT2D eigenvalue weighted by atomic mass is 32.2. The largest absolute Gasteiger partial charge is 0.480 e. The van der Waals surface area contributed by atoms with E-state index in [1.165, 1.54) is 0 Å². The van der Waals surface area contributed by atoms with Gasteiger partial charge in [0, 0.05) is 6.42 Å². The quantitative estimate of drug-likeness (QED) is 0.673. The number of aliphatic carboxylic acids is 1. The molecule has 4 nitrogen and oxygen atoms in total. The average molecular weight is 219 g/mol. The second kappa shape index (κ2) is 7.67. The fourth-order valence-corrected chi connectivity index (χ4v) is 1.46. The van der Waals surface area contributed by atoms with Gasteiger partial charge in [-0.3, -0.25) is 4.79 Å². The average Bonchev–Trinajstić information content (AvgIpc) is 2.12. The van der Waals surface area contributed by atoms with Crippen LogP contribution in [0.5, 0.6) is 0 Å². The Kier molecular flexibility index (Phi) is 7.28. The second-order valence-electron chi connectivity index (χ2n) is 2.99. The highest BCUT2D eigenvalue weighted by Gasteiger charge is 2.18. The number of amides is 1. The molecule has 0 aliphatic heterocycles. The number of hydrogen-bond donors (Lipinski definition) is 2. The molecule has 1 amide bonds. The van der Waals surface area contributed by atoms with E-state index in [0.29, 0.717) is 12.8 Å². The predicted octanol–water partition coefficient (Wildman–Crippen LogP) is 1.11. The Morgan fingerprint density at radius 2 is 2.14 bits per heavy atom. The van der Waals surface area contributed by atoms with Gasteiger partial charge in [0.05, 0.1) is 0 Å². The van der Waals surface area contributed by atoms with Crippen molar-refractivity contribution in [2.45, 2.75) is 32.2 Å². The summed E-state index contributed by atoms with van der Waals surface area (Å²) in [6.07, 6.45) is 3.52. The molecule has 0 saturated carbocycles. The molecule has 0 bridgehead atoms. The normalized spacial score (nSPS) is 12.1. The maximum absolute atomic E-state index is 11.1. The monoisotopic (exact) mass is 219 g/mol. The van der Waals surface area contributed by atoms with Gasteiger partial charge in [-0.15, -0.1) is 0 Å². The topological polar surface area (TPSA) is 66.4 Å². The van der Waals surface area contributed by atoms with Gasteiger partial charge in [-0.1, -0.05) is 6.92 Å². The Hall–Kier alpha value is -0.710. The molecular weight excluding hydrogens is 202 g/mol. The van der Waals surface area contributed by atoms with Gasteiger partial charge in [0.2, 0.25) is 5.91 Å². The van der Waals surface area contributed by atoms with Crippen molar-refractivity contribution in [1.29, 1.82) is 0 Å². The van der Waals surface area contributed by atoms with E-state index in [2.05, 4.69) is 5.32 Å². The molecule has 0 radical (unpaired) electrons. The van der Waals surface area contributed by atoms with Crippen LogP contribution in [0.2, 0.25) is 0 Å². The Morgan fingerprint density at radius 1 is 1.50 bits per heavy atom. The lowest BCUT2D eigenvalue weighted by molar-refractivity contribution is -0.141. The van der Waals surface area contributed by atoms with Crippen LogP contribution in [0.4, 0.5) is 0 Å². The van der Waals surface area contributed by atoms with Crippen LogP contribution < -0.4 is 5.32 Å². The van der Waals surface area contributed by atoms with Crippen LogP contribution in [0, 0.1) is 0 Å². The van der Waals surface area contributed by atoms with Gasteiger partial charge < -0.3 is 10.4 Å². The van der Waals surface area contributed by atoms with Gasteiger partial charge >= 0.3 is 5.97 Å². The third-order valence-corrected chi connectivity index (χ3v) is 2.36. The second-order valence-corrected chi connectivity index (χ2v) is 3.98. The molecule has 0 saturated heterocycles. The molecule has 82 valence electrons. The van der Waals surface area contributed by atoms with Crippen molar-refractivity contribution in [3.8, 4) is 0 Å². The van der Waals surface area contributed by atoms with Crippen molar-refractivity contribution < 1.29 is 14.7 Å². The fourth-order valence-electron chi connectivity index (χ4n) is 0.987. The first-order valence-electron chi connectivity index (χ1n) is 4.63. The number of thioether (sulfide) groups is 1. The highest BCUT2D eigenvalue weighted by Crippen LogP contribution is 2.01. The van der Waals surface area contributed by atoms with Crippen molar-refractivity contribution in [2.75, 3.05) is 12.0 Å². The molecule has 0 aromatic rings. The number of hydrogen-bond acceptors (Lipinski definition) is 3. The van der Waals surface area contributed by atoms with Gasteiger partial charge in [-0.25, -0.2) is 4.79 Å². The summed E-state index contributed by atoms with van der Waals surface area (Å²) >= 11 is 1.57. The fraction of sp³-hybridized carbons (Fsp3) is 0.778. The van der Waals surface area contributed by atoms with Crippen LogP contribution >= 0.6 is 11.8 Å². The molecule has 2 N–H and O–H groups in total. The van der Waals surface area contributed by atoms with Crippen molar-refractivity contribution in [3.63, 3.8) is 0 Å². The lowest BCUT2D eigenvalue weighted by Crippen LogP contribution is -2.41. The summed E-state index contributed by atoms with van der Waals surface area (Å²) in [6.45, 7) is 1.89. The molecule has 0 fully saturated rings. The zero-order valence-corrected chi connectivity index (χ0v) is 9.39. The minimum atomic E-state index is -0.955.